The summed E-state index contributed by atoms with van der Waals surface area (Å²) in [7, 11) is 1.78. The fourth-order valence-electron chi connectivity index (χ4n) is 3.89. The normalized spacial score (nSPS) is 16.3. The molecule has 0 aromatic heterocycles. The van der Waals surface area contributed by atoms with Crippen molar-refractivity contribution < 1.29 is 14.4 Å². The van der Waals surface area contributed by atoms with Crippen LogP contribution in [0.1, 0.15) is 12.0 Å². The zero-order chi connectivity index (χ0) is 23.5. The molecule has 2 aliphatic rings. The van der Waals surface area contributed by atoms with Crippen LogP contribution in [0, 0.1) is 6.92 Å². The highest BCUT2D eigenvalue weighted by atomic mass is 16.2. The van der Waals surface area contributed by atoms with Gasteiger partial charge in [0.1, 0.15) is 5.70 Å². The molecule has 170 valence electrons. The number of anilines is 3. The summed E-state index contributed by atoms with van der Waals surface area (Å²) >= 11 is 0. The number of hydrogen-bond donors (Lipinski definition) is 2. The van der Waals surface area contributed by atoms with Crippen LogP contribution in [0.2, 0.25) is 0 Å². The Hall–Kier alpha value is -4.14. The Morgan fingerprint density at radius 2 is 1.61 bits per heavy atom. The lowest BCUT2D eigenvalue weighted by atomic mass is 10.1. The first-order chi connectivity index (χ1) is 15.8. The number of nitrogens with two attached hydrogens (primary N) is 1. The standard InChI is InChI=1S/C24H26N6O3/c1-16-4-8-18(9-5-16)29-15-12-26-20(21(29)22(25)31)23(32)27-17-6-10-19(11-7-17)30-14-3-13-28(2)24(30)33/h4-12H,3,13-15H2,1-2H3,(H2,25,31)(H,27,32). The van der Waals surface area contributed by atoms with E-state index in [0.717, 1.165) is 29.9 Å². The van der Waals surface area contributed by atoms with Crippen LogP contribution in [0.4, 0.5) is 21.9 Å². The van der Waals surface area contributed by atoms with Crippen LogP contribution in [-0.2, 0) is 9.59 Å². The first kappa shape index (κ1) is 22.1. The molecule has 2 aromatic carbocycles. The van der Waals surface area contributed by atoms with Crippen LogP contribution in [0.15, 0.2) is 64.9 Å². The van der Waals surface area contributed by atoms with Crippen LogP contribution in [0.25, 0.3) is 0 Å². The van der Waals surface area contributed by atoms with Gasteiger partial charge in [0.25, 0.3) is 11.8 Å². The van der Waals surface area contributed by atoms with E-state index in [-0.39, 0.29) is 17.4 Å². The maximum Gasteiger partial charge on any atom is 0.324 e. The highest BCUT2D eigenvalue weighted by Crippen LogP contribution is 2.26. The molecule has 0 aliphatic carbocycles. The van der Waals surface area contributed by atoms with Gasteiger partial charge in [-0.25, -0.2) is 4.79 Å². The molecule has 0 unspecified atom stereocenters. The maximum atomic E-state index is 13.0. The van der Waals surface area contributed by atoms with Crippen molar-refractivity contribution >= 4 is 41.1 Å². The second kappa shape index (κ2) is 9.15. The average Bonchev–Trinajstić information content (AvgIpc) is 2.81. The summed E-state index contributed by atoms with van der Waals surface area (Å²) in [4.78, 5) is 46.9. The van der Waals surface area contributed by atoms with Gasteiger partial charge in [0.2, 0.25) is 0 Å². The molecular formula is C24H26N6O3. The number of aliphatic imine (C=N–C) groups is 1. The molecular weight excluding hydrogens is 420 g/mol. The van der Waals surface area contributed by atoms with Crippen LogP contribution >= 0.6 is 0 Å². The first-order valence-corrected chi connectivity index (χ1v) is 10.7. The quantitative estimate of drug-likeness (QED) is 0.735. The molecule has 9 nitrogen and oxygen atoms in total. The molecule has 0 saturated carbocycles. The Morgan fingerprint density at radius 3 is 2.27 bits per heavy atom. The predicted octanol–water partition coefficient (Wildman–Crippen LogP) is 2.48. The number of urea groups is 1. The van der Waals surface area contributed by atoms with Crippen molar-refractivity contribution in [1.82, 2.24) is 4.90 Å². The van der Waals surface area contributed by atoms with Crippen LogP contribution in [-0.4, -0.2) is 55.6 Å². The average molecular weight is 447 g/mol. The van der Waals surface area contributed by atoms with Gasteiger partial charge in [-0.05, 0) is 49.7 Å². The van der Waals surface area contributed by atoms with Crippen LogP contribution < -0.4 is 20.9 Å². The highest BCUT2D eigenvalue weighted by molar-refractivity contribution is 6.12. The number of carbonyl (C=O) groups is 3. The van der Waals surface area contributed by atoms with Gasteiger partial charge in [0.15, 0.2) is 5.70 Å². The van der Waals surface area contributed by atoms with Gasteiger partial charge in [-0.1, -0.05) is 17.7 Å². The monoisotopic (exact) mass is 446 g/mol. The van der Waals surface area contributed by atoms with E-state index in [1.165, 1.54) is 0 Å². The van der Waals surface area contributed by atoms with Crippen molar-refractivity contribution in [3.05, 3.63) is 65.5 Å². The number of aryl methyl sites for hydroxylation is 1. The second-order valence-electron chi connectivity index (χ2n) is 8.03. The van der Waals surface area contributed by atoms with E-state index < -0.39 is 11.8 Å². The topological polar surface area (TPSA) is 111 Å². The van der Waals surface area contributed by atoms with Gasteiger partial charge in [-0.2, -0.15) is 0 Å². The Labute approximate surface area is 192 Å². The lowest BCUT2D eigenvalue weighted by Gasteiger charge is -2.33. The molecule has 33 heavy (non-hydrogen) atoms. The number of rotatable bonds is 5. The molecule has 3 N–H and O–H groups in total. The third-order valence-electron chi connectivity index (χ3n) is 5.64. The van der Waals surface area contributed by atoms with E-state index in [4.69, 9.17) is 5.73 Å². The highest BCUT2D eigenvalue weighted by Gasteiger charge is 2.28. The summed E-state index contributed by atoms with van der Waals surface area (Å²) in [5, 5.41) is 2.77. The van der Waals surface area contributed by atoms with E-state index >= 15 is 0 Å². The number of benzene rings is 2. The van der Waals surface area contributed by atoms with Crippen LogP contribution in [0.5, 0.6) is 0 Å². The minimum Gasteiger partial charge on any atom is -0.364 e. The van der Waals surface area contributed by atoms with Crippen molar-refractivity contribution in [2.75, 3.05) is 41.8 Å². The van der Waals surface area contributed by atoms with E-state index in [0.29, 0.717) is 18.8 Å². The van der Waals surface area contributed by atoms with E-state index in [1.54, 1.807) is 52.2 Å². The van der Waals surface area contributed by atoms with Crippen molar-refractivity contribution in [1.29, 1.82) is 0 Å². The molecule has 2 aliphatic heterocycles. The van der Waals surface area contributed by atoms with Gasteiger partial charge in [0.05, 0.1) is 6.54 Å². The number of amides is 4. The van der Waals surface area contributed by atoms with E-state index in [1.807, 2.05) is 31.2 Å². The van der Waals surface area contributed by atoms with Crippen molar-refractivity contribution in [2.24, 2.45) is 10.7 Å². The Bertz CT molecular complexity index is 1140. The van der Waals surface area contributed by atoms with Gasteiger partial charge >= 0.3 is 6.03 Å². The molecule has 9 heteroatoms. The molecule has 0 bridgehead atoms. The number of primary amides is 1. The van der Waals surface area contributed by atoms with Gasteiger partial charge < -0.3 is 20.9 Å². The van der Waals surface area contributed by atoms with Crippen molar-refractivity contribution in [3.8, 4) is 0 Å². The van der Waals surface area contributed by atoms with Crippen molar-refractivity contribution in [3.63, 3.8) is 0 Å². The molecule has 4 amide bonds. The summed E-state index contributed by atoms with van der Waals surface area (Å²) in [6.45, 7) is 3.68. The Balaban J connectivity index is 1.55. The molecule has 1 fully saturated rings. The van der Waals surface area contributed by atoms with Crippen LogP contribution in [0.3, 0.4) is 0 Å². The summed E-state index contributed by atoms with van der Waals surface area (Å²) in [5.74, 6) is -1.28. The zero-order valence-corrected chi connectivity index (χ0v) is 18.6. The minimum atomic E-state index is -0.736. The lowest BCUT2D eigenvalue weighted by molar-refractivity contribution is -0.116. The molecule has 0 spiro atoms. The van der Waals surface area contributed by atoms with Crippen molar-refractivity contribution in [2.45, 2.75) is 13.3 Å². The van der Waals surface area contributed by atoms with Gasteiger partial charge in [-0.3, -0.25) is 19.5 Å². The summed E-state index contributed by atoms with van der Waals surface area (Å²) in [5.41, 5.74) is 8.71. The largest absolute Gasteiger partial charge is 0.364 e. The third kappa shape index (κ3) is 4.57. The smallest absolute Gasteiger partial charge is 0.324 e. The molecule has 0 radical (unpaired) electrons. The first-order valence-electron chi connectivity index (χ1n) is 10.7. The molecule has 2 aromatic rings. The summed E-state index contributed by atoms with van der Waals surface area (Å²) in [6, 6.07) is 14.5. The Morgan fingerprint density at radius 1 is 0.970 bits per heavy atom. The minimum absolute atomic E-state index is 0.0393. The predicted molar refractivity (Wildman–Crippen MR) is 128 cm³/mol. The van der Waals surface area contributed by atoms with Gasteiger partial charge in [-0.15, -0.1) is 0 Å². The lowest BCUT2D eigenvalue weighted by Crippen LogP contribution is -2.47. The second-order valence-corrected chi connectivity index (χ2v) is 8.03. The number of carbonyl (C=O) groups excluding carboxylic acids is 3. The van der Waals surface area contributed by atoms with Gasteiger partial charge in [0, 0.05) is 43.4 Å². The molecule has 2 heterocycles. The van der Waals surface area contributed by atoms with E-state index in [9.17, 15) is 14.4 Å². The fraction of sp³-hybridized carbons (Fsp3) is 0.250. The number of nitrogens with one attached hydrogen (secondary N) is 1. The SMILES string of the molecule is Cc1ccc(N2CC=NC(C(=O)Nc3ccc(N4CCCN(C)C4=O)cc3)=C2C(N)=O)cc1. The Kier molecular flexibility index (Phi) is 6.12. The summed E-state index contributed by atoms with van der Waals surface area (Å²) in [6.07, 6.45) is 2.46. The molecule has 0 atom stereocenters. The fourth-order valence-corrected chi connectivity index (χ4v) is 3.89. The maximum absolute atomic E-state index is 13.0. The number of nitrogens with zero attached hydrogens (tertiary/aromatic N) is 4. The third-order valence-corrected chi connectivity index (χ3v) is 5.64. The summed E-state index contributed by atoms with van der Waals surface area (Å²) < 4.78 is 0. The number of hydrogen-bond acceptors (Lipinski definition) is 5. The zero-order valence-electron chi connectivity index (χ0n) is 18.6. The molecule has 4 rings (SSSR count). The van der Waals surface area contributed by atoms with E-state index in [2.05, 4.69) is 10.3 Å². The molecule has 1 saturated heterocycles.